The number of benzene rings is 2. The maximum Gasteiger partial charge on any atom is 0.287 e. The van der Waals surface area contributed by atoms with Crippen LogP contribution in [-0.2, 0) is 5.75 Å². The second kappa shape index (κ2) is 7.53. The van der Waals surface area contributed by atoms with Crippen LogP contribution in [0.15, 0.2) is 64.7 Å². The smallest absolute Gasteiger partial charge is 0.287 e. The highest BCUT2D eigenvalue weighted by Crippen LogP contribution is 2.24. The summed E-state index contributed by atoms with van der Waals surface area (Å²) < 4.78 is 20.6. The molecule has 0 bridgehead atoms. The molecule has 0 spiro atoms. The molecule has 1 aromatic heterocycles. The highest BCUT2D eigenvalue weighted by molar-refractivity contribution is 7.98. The molecule has 0 aliphatic carbocycles. The molecule has 25 heavy (non-hydrogen) atoms. The summed E-state index contributed by atoms with van der Waals surface area (Å²) in [5.41, 5.74) is 1.95. The van der Waals surface area contributed by atoms with Crippen molar-refractivity contribution in [2.45, 2.75) is 17.7 Å². The van der Waals surface area contributed by atoms with E-state index in [1.807, 2.05) is 25.1 Å². The van der Waals surface area contributed by atoms with Gasteiger partial charge in [0.1, 0.15) is 11.6 Å². The monoisotopic (exact) mass is 356 g/mol. The molecule has 0 aliphatic rings. The van der Waals surface area contributed by atoms with E-state index in [0.29, 0.717) is 27.8 Å². The Labute approximate surface area is 149 Å². The van der Waals surface area contributed by atoms with Crippen LogP contribution in [0, 0.1) is 12.7 Å². The van der Waals surface area contributed by atoms with Crippen molar-refractivity contribution in [3.05, 3.63) is 82.2 Å². The van der Waals surface area contributed by atoms with Crippen molar-refractivity contribution in [1.29, 1.82) is 0 Å². The molecule has 2 aromatic carbocycles. The fraction of sp³-hybridized carbons (Fsp3) is 0.158. The van der Waals surface area contributed by atoms with Crippen molar-refractivity contribution < 1.29 is 9.13 Å². The Morgan fingerprint density at radius 1 is 1.24 bits per heavy atom. The molecule has 4 nitrogen and oxygen atoms in total. The van der Waals surface area contributed by atoms with E-state index in [2.05, 4.69) is 4.98 Å². The zero-order chi connectivity index (χ0) is 17.8. The van der Waals surface area contributed by atoms with Crippen LogP contribution in [0.25, 0.3) is 5.69 Å². The second-order valence-electron chi connectivity index (χ2n) is 5.46. The number of thioether (sulfide) groups is 1. The van der Waals surface area contributed by atoms with Crippen LogP contribution >= 0.6 is 11.8 Å². The molecule has 3 rings (SSSR count). The zero-order valence-electron chi connectivity index (χ0n) is 13.9. The van der Waals surface area contributed by atoms with E-state index >= 15 is 0 Å². The van der Waals surface area contributed by atoms with E-state index in [1.165, 1.54) is 22.4 Å². The summed E-state index contributed by atoms with van der Waals surface area (Å²) in [4.78, 5) is 16.9. The molecule has 0 atom stereocenters. The van der Waals surface area contributed by atoms with Gasteiger partial charge in [-0.25, -0.2) is 9.37 Å². The second-order valence-corrected chi connectivity index (χ2v) is 6.43. The third kappa shape index (κ3) is 3.74. The van der Waals surface area contributed by atoms with E-state index in [0.717, 1.165) is 5.56 Å². The Bertz CT molecular complexity index is 956. The van der Waals surface area contributed by atoms with Gasteiger partial charge in [-0.3, -0.25) is 9.36 Å². The maximum atomic E-state index is 13.7. The zero-order valence-corrected chi connectivity index (χ0v) is 14.7. The third-order valence-electron chi connectivity index (χ3n) is 3.73. The number of ether oxygens (including phenoxy) is 1. The van der Waals surface area contributed by atoms with Gasteiger partial charge in [0.05, 0.1) is 12.8 Å². The number of aromatic nitrogens is 2. The average Bonchev–Trinajstić information content (AvgIpc) is 2.62. The van der Waals surface area contributed by atoms with E-state index in [4.69, 9.17) is 4.74 Å². The minimum atomic E-state index is -0.286. The molecule has 1 heterocycles. The lowest BCUT2D eigenvalue weighted by molar-refractivity contribution is 0.412. The predicted octanol–water partition coefficient (Wildman–Crippen LogP) is 3.98. The van der Waals surface area contributed by atoms with Crippen LogP contribution in [0.4, 0.5) is 4.39 Å². The van der Waals surface area contributed by atoms with Gasteiger partial charge in [0.2, 0.25) is 0 Å². The van der Waals surface area contributed by atoms with E-state index in [1.54, 1.807) is 37.7 Å². The highest BCUT2D eigenvalue weighted by Gasteiger charge is 2.12. The molecule has 3 aromatic rings. The summed E-state index contributed by atoms with van der Waals surface area (Å²) in [6, 6.07) is 12.1. The normalized spacial score (nSPS) is 10.7. The lowest BCUT2D eigenvalue weighted by Gasteiger charge is -2.12. The fourth-order valence-corrected chi connectivity index (χ4v) is 3.32. The number of halogens is 1. The molecule has 0 unspecified atom stereocenters. The Morgan fingerprint density at radius 3 is 2.80 bits per heavy atom. The summed E-state index contributed by atoms with van der Waals surface area (Å²) in [6.07, 6.45) is 3.17. The minimum Gasteiger partial charge on any atom is -0.495 e. The van der Waals surface area contributed by atoms with E-state index in [9.17, 15) is 9.18 Å². The number of methoxy groups -OCH3 is 1. The van der Waals surface area contributed by atoms with Crippen molar-refractivity contribution in [3.63, 3.8) is 0 Å². The largest absolute Gasteiger partial charge is 0.495 e. The van der Waals surface area contributed by atoms with Gasteiger partial charge < -0.3 is 4.74 Å². The van der Waals surface area contributed by atoms with Crippen LogP contribution in [0.3, 0.4) is 0 Å². The number of hydrogen-bond acceptors (Lipinski definition) is 4. The van der Waals surface area contributed by atoms with Gasteiger partial charge in [-0.05, 0) is 36.2 Å². The number of hydrogen-bond donors (Lipinski definition) is 0. The molecular formula is C19H17FN2O2S. The van der Waals surface area contributed by atoms with Gasteiger partial charge in [0.25, 0.3) is 5.56 Å². The predicted molar refractivity (Wildman–Crippen MR) is 97.1 cm³/mol. The van der Waals surface area contributed by atoms with Crippen molar-refractivity contribution >= 4 is 11.8 Å². The Hall–Kier alpha value is -2.60. The first kappa shape index (κ1) is 17.2. The average molecular weight is 356 g/mol. The number of aryl methyl sites for hydroxylation is 1. The van der Waals surface area contributed by atoms with Crippen LogP contribution in [0.2, 0.25) is 0 Å². The molecule has 0 fully saturated rings. The molecule has 0 saturated carbocycles. The van der Waals surface area contributed by atoms with Crippen LogP contribution < -0.4 is 10.3 Å². The van der Waals surface area contributed by atoms with Crippen molar-refractivity contribution in [1.82, 2.24) is 9.55 Å². The van der Waals surface area contributed by atoms with E-state index in [-0.39, 0.29) is 11.4 Å². The number of rotatable bonds is 5. The Kier molecular flexibility index (Phi) is 5.19. The van der Waals surface area contributed by atoms with Crippen LogP contribution in [0.1, 0.15) is 11.1 Å². The topological polar surface area (TPSA) is 44.1 Å². The van der Waals surface area contributed by atoms with Gasteiger partial charge in [-0.1, -0.05) is 36.0 Å². The van der Waals surface area contributed by atoms with Crippen LogP contribution in [0.5, 0.6) is 5.75 Å². The summed E-state index contributed by atoms with van der Waals surface area (Å²) >= 11 is 1.22. The lowest BCUT2D eigenvalue weighted by atomic mass is 10.2. The van der Waals surface area contributed by atoms with Gasteiger partial charge >= 0.3 is 0 Å². The first-order chi connectivity index (χ1) is 12.1. The van der Waals surface area contributed by atoms with Gasteiger partial charge in [0, 0.05) is 18.1 Å². The molecule has 6 heteroatoms. The summed E-state index contributed by atoms with van der Waals surface area (Å²) in [5, 5.41) is 0.314. The molecule has 0 radical (unpaired) electrons. The molecule has 0 N–H and O–H groups in total. The quantitative estimate of drug-likeness (QED) is 0.649. The first-order valence-electron chi connectivity index (χ1n) is 7.69. The van der Waals surface area contributed by atoms with Gasteiger partial charge in [-0.2, -0.15) is 0 Å². The van der Waals surface area contributed by atoms with E-state index < -0.39 is 0 Å². The van der Waals surface area contributed by atoms with Crippen molar-refractivity contribution in [2.75, 3.05) is 7.11 Å². The Morgan fingerprint density at radius 2 is 2.04 bits per heavy atom. The standard InChI is InChI=1S/C19H17FN2O2S/c1-13-7-8-17(24-2)16(11-13)22-10-9-21-18(19(22)23)25-12-14-5-3-4-6-15(14)20/h3-11H,12H2,1-2H3. The molecule has 0 saturated heterocycles. The SMILES string of the molecule is COc1ccc(C)cc1-n1ccnc(SCc2ccccc2F)c1=O. The molecule has 128 valence electrons. The summed E-state index contributed by atoms with van der Waals surface area (Å²) in [7, 11) is 1.56. The first-order valence-corrected chi connectivity index (χ1v) is 8.67. The Balaban J connectivity index is 1.95. The highest BCUT2D eigenvalue weighted by atomic mass is 32.2. The molecular weight excluding hydrogens is 339 g/mol. The lowest BCUT2D eigenvalue weighted by Crippen LogP contribution is -2.21. The van der Waals surface area contributed by atoms with Gasteiger partial charge in [-0.15, -0.1) is 0 Å². The van der Waals surface area contributed by atoms with Crippen LogP contribution in [-0.4, -0.2) is 16.7 Å². The van der Waals surface area contributed by atoms with Crippen molar-refractivity contribution in [3.8, 4) is 11.4 Å². The number of nitrogens with zero attached hydrogens (tertiary/aromatic N) is 2. The van der Waals surface area contributed by atoms with Crippen molar-refractivity contribution in [2.24, 2.45) is 0 Å². The maximum absolute atomic E-state index is 13.7. The third-order valence-corrected chi connectivity index (χ3v) is 4.73. The summed E-state index contributed by atoms with van der Waals surface area (Å²) in [6.45, 7) is 1.95. The fourth-order valence-electron chi connectivity index (χ4n) is 2.43. The molecule has 0 amide bonds. The summed E-state index contributed by atoms with van der Waals surface area (Å²) in [5.74, 6) is 0.653. The molecule has 0 aliphatic heterocycles. The minimum absolute atomic E-state index is 0.257. The van der Waals surface area contributed by atoms with Gasteiger partial charge in [0.15, 0.2) is 5.03 Å².